The smallest absolute Gasteiger partial charge is 0.321 e. The van der Waals surface area contributed by atoms with Gasteiger partial charge in [0, 0.05) is 9.37 Å². The summed E-state index contributed by atoms with van der Waals surface area (Å²) in [6.07, 6.45) is 0. The molecular weight excluding hydrogens is 276 g/mol. The monoisotopic (exact) mass is 288 g/mol. The summed E-state index contributed by atoms with van der Waals surface area (Å²) in [5.41, 5.74) is 0. The Balaban J connectivity index is 2.77. The van der Waals surface area contributed by atoms with Gasteiger partial charge in [-0.05, 0) is 38.1 Å². The normalized spacial score (nSPS) is 11.2. The van der Waals surface area contributed by atoms with Crippen LogP contribution >= 0.6 is 27.7 Å². The van der Waals surface area contributed by atoms with Crippen LogP contribution in [0.5, 0.6) is 0 Å². The quantitative estimate of drug-likeness (QED) is 0.629. The van der Waals surface area contributed by atoms with Gasteiger partial charge in [-0.3, -0.25) is 4.79 Å². The third kappa shape index (κ3) is 3.54. The maximum absolute atomic E-state index is 11.5. The molecule has 0 saturated heterocycles. The summed E-state index contributed by atoms with van der Waals surface area (Å²) in [6.45, 7) is 3.71. The number of hydrogen-bond acceptors (Lipinski definition) is 3. The van der Waals surface area contributed by atoms with Gasteiger partial charge in [0.1, 0.15) is 4.75 Å². The lowest BCUT2D eigenvalue weighted by molar-refractivity contribution is -0.142. The highest BCUT2D eigenvalue weighted by Gasteiger charge is 2.29. The maximum atomic E-state index is 11.5. The van der Waals surface area contributed by atoms with Crippen molar-refractivity contribution in [3.05, 3.63) is 28.7 Å². The fourth-order valence-corrected chi connectivity index (χ4v) is 2.38. The number of halogens is 1. The van der Waals surface area contributed by atoms with Gasteiger partial charge in [0.25, 0.3) is 0 Å². The highest BCUT2D eigenvalue weighted by molar-refractivity contribution is 9.10. The fraction of sp³-hybridized carbons (Fsp3) is 0.364. The Morgan fingerprint density at radius 2 is 1.87 bits per heavy atom. The van der Waals surface area contributed by atoms with Crippen molar-refractivity contribution in [2.75, 3.05) is 7.11 Å². The van der Waals surface area contributed by atoms with Crippen molar-refractivity contribution in [2.45, 2.75) is 23.5 Å². The van der Waals surface area contributed by atoms with Crippen molar-refractivity contribution < 1.29 is 9.53 Å². The molecule has 0 aliphatic rings. The topological polar surface area (TPSA) is 26.3 Å². The first-order valence-corrected chi connectivity index (χ1v) is 6.09. The third-order valence-electron chi connectivity index (χ3n) is 1.86. The SMILES string of the molecule is COC(=O)C(C)(C)Sc1ccc(Br)cc1. The molecule has 0 atom stereocenters. The van der Waals surface area contributed by atoms with Crippen LogP contribution in [0.3, 0.4) is 0 Å². The average Bonchev–Trinajstić information content (AvgIpc) is 2.20. The molecule has 1 rings (SSSR count). The lowest BCUT2D eigenvalue weighted by Crippen LogP contribution is -2.28. The van der Waals surface area contributed by atoms with Crippen LogP contribution in [0.15, 0.2) is 33.6 Å². The van der Waals surface area contributed by atoms with E-state index in [0.29, 0.717) is 0 Å². The number of carbonyl (C=O) groups is 1. The van der Waals surface area contributed by atoms with E-state index in [1.54, 1.807) is 0 Å². The summed E-state index contributed by atoms with van der Waals surface area (Å²) in [5.74, 6) is -0.213. The number of ether oxygens (including phenoxy) is 1. The number of benzene rings is 1. The van der Waals surface area contributed by atoms with E-state index in [9.17, 15) is 4.79 Å². The molecule has 0 unspecified atom stereocenters. The third-order valence-corrected chi connectivity index (χ3v) is 3.58. The molecule has 0 fully saturated rings. The summed E-state index contributed by atoms with van der Waals surface area (Å²) in [5, 5.41) is 0. The molecule has 2 nitrogen and oxygen atoms in total. The zero-order valence-corrected chi connectivity index (χ0v) is 11.3. The molecule has 15 heavy (non-hydrogen) atoms. The van der Waals surface area contributed by atoms with Crippen LogP contribution in [0.25, 0.3) is 0 Å². The van der Waals surface area contributed by atoms with Gasteiger partial charge in [-0.25, -0.2) is 0 Å². The molecule has 0 saturated carbocycles. The molecule has 0 amide bonds. The molecule has 0 spiro atoms. The van der Waals surface area contributed by atoms with Gasteiger partial charge >= 0.3 is 5.97 Å². The second-order valence-electron chi connectivity index (χ2n) is 3.56. The van der Waals surface area contributed by atoms with Crippen LogP contribution in [0.1, 0.15) is 13.8 Å². The van der Waals surface area contributed by atoms with E-state index in [0.717, 1.165) is 9.37 Å². The molecule has 0 N–H and O–H groups in total. The van der Waals surface area contributed by atoms with Crippen molar-refractivity contribution in [1.29, 1.82) is 0 Å². The molecule has 4 heteroatoms. The van der Waals surface area contributed by atoms with E-state index in [1.807, 2.05) is 38.1 Å². The Hall–Kier alpha value is -0.480. The van der Waals surface area contributed by atoms with Crippen LogP contribution in [0.4, 0.5) is 0 Å². The van der Waals surface area contributed by atoms with Crippen LogP contribution in [-0.4, -0.2) is 17.8 Å². The van der Waals surface area contributed by atoms with Crippen LogP contribution in [0, 0.1) is 0 Å². The van der Waals surface area contributed by atoms with Crippen molar-refractivity contribution in [2.24, 2.45) is 0 Å². The molecule has 0 aliphatic heterocycles. The minimum atomic E-state index is -0.553. The second kappa shape index (κ2) is 5.03. The number of carbonyl (C=O) groups excluding carboxylic acids is 1. The Kier molecular flexibility index (Phi) is 4.22. The highest BCUT2D eigenvalue weighted by Crippen LogP contribution is 2.33. The maximum Gasteiger partial charge on any atom is 0.321 e. The minimum absolute atomic E-state index is 0.213. The first-order valence-electron chi connectivity index (χ1n) is 4.49. The number of thioether (sulfide) groups is 1. The number of rotatable bonds is 3. The first kappa shape index (κ1) is 12.6. The van der Waals surface area contributed by atoms with Gasteiger partial charge in [-0.1, -0.05) is 15.9 Å². The Morgan fingerprint density at radius 1 is 1.33 bits per heavy atom. The molecular formula is C11H13BrO2S. The predicted octanol–water partition coefficient (Wildman–Crippen LogP) is 3.49. The molecule has 1 aromatic carbocycles. The number of methoxy groups -OCH3 is 1. The Bertz CT molecular complexity index is 346. The molecule has 0 radical (unpaired) electrons. The summed E-state index contributed by atoms with van der Waals surface area (Å²) in [7, 11) is 1.41. The Morgan fingerprint density at radius 3 is 2.33 bits per heavy atom. The van der Waals surface area contributed by atoms with E-state index < -0.39 is 4.75 Å². The van der Waals surface area contributed by atoms with Crippen molar-refractivity contribution in [1.82, 2.24) is 0 Å². The minimum Gasteiger partial charge on any atom is -0.468 e. The predicted molar refractivity (Wildman–Crippen MR) is 66.1 cm³/mol. The van der Waals surface area contributed by atoms with E-state index in [1.165, 1.54) is 18.9 Å². The number of esters is 1. The Labute approximate surface area is 103 Å². The van der Waals surface area contributed by atoms with Gasteiger partial charge in [-0.2, -0.15) is 0 Å². The second-order valence-corrected chi connectivity index (χ2v) is 6.17. The van der Waals surface area contributed by atoms with Gasteiger partial charge < -0.3 is 4.74 Å². The van der Waals surface area contributed by atoms with E-state index in [4.69, 9.17) is 4.74 Å². The lowest BCUT2D eigenvalue weighted by atomic mass is 10.2. The van der Waals surface area contributed by atoms with Crippen molar-refractivity contribution >= 4 is 33.7 Å². The first-order chi connectivity index (χ1) is 6.95. The zero-order valence-electron chi connectivity index (χ0n) is 8.91. The molecule has 82 valence electrons. The van der Waals surface area contributed by atoms with Gasteiger partial charge in [0.2, 0.25) is 0 Å². The van der Waals surface area contributed by atoms with Gasteiger partial charge in [-0.15, -0.1) is 11.8 Å². The molecule has 0 aliphatic carbocycles. The molecule has 0 heterocycles. The van der Waals surface area contributed by atoms with Crippen molar-refractivity contribution in [3.63, 3.8) is 0 Å². The van der Waals surface area contributed by atoms with Crippen molar-refractivity contribution in [3.8, 4) is 0 Å². The fourth-order valence-electron chi connectivity index (χ4n) is 1.08. The highest BCUT2D eigenvalue weighted by atomic mass is 79.9. The van der Waals surface area contributed by atoms with Crippen LogP contribution in [-0.2, 0) is 9.53 Å². The average molecular weight is 289 g/mol. The van der Waals surface area contributed by atoms with Crippen LogP contribution in [0.2, 0.25) is 0 Å². The zero-order chi connectivity index (χ0) is 11.5. The summed E-state index contributed by atoms with van der Waals surface area (Å²) in [6, 6.07) is 7.85. The van der Waals surface area contributed by atoms with E-state index in [2.05, 4.69) is 15.9 Å². The molecule has 1 aromatic rings. The lowest BCUT2D eigenvalue weighted by Gasteiger charge is -2.20. The summed E-state index contributed by atoms with van der Waals surface area (Å²) >= 11 is 4.86. The van der Waals surface area contributed by atoms with Gasteiger partial charge in [0.15, 0.2) is 0 Å². The standard InChI is InChI=1S/C11H13BrO2S/c1-11(2,10(13)14-3)15-9-6-4-8(12)5-7-9/h4-7H,1-3H3. The summed E-state index contributed by atoms with van der Waals surface area (Å²) < 4.78 is 5.22. The van der Waals surface area contributed by atoms with E-state index >= 15 is 0 Å². The van der Waals surface area contributed by atoms with Gasteiger partial charge in [0.05, 0.1) is 7.11 Å². The van der Waals surface area contributed by atoms with Crippen LogP contribution < -0.4 is 0 Å². The molecule has 0 bridgehead atoms. The summed E-state index contributed by atoms with van der Waals surface area (Å²) in [4.78, 5) is 12.5. The molecule has 0 aromatic heterocycles. The largest absolute Gasteiger partial charge is 0.468 e. The van der Waals surface area contributed by atoms with E-state index in [-0.39, 0.29) is 5.97 Å². The number of hydrogen-bond donors (Lipinski definition) is 0.